The monoisotopic (exact) mass is 302 g/mol. The fourth-order valence-electron chi connectivity index (χ4n) is 2.95. The van der Waals surface area contributed by atoms with Gasteiger partial charge in [-0.15, -0.1) is 0 Å². The van der Waals surface area contributed by atoms with Gasteiger partial charge in [-0.3, -0.25) is 9.88 Å². The van der Waals surface area contributed by atoms with E-state index >= 15 is 0 Å². The van der Waals surface area contributed by atoms with Crippen molar-refractivity contribution >= 4 is 0 Å². The van der Waals surface area contributed by atoms with Crippen molar-refractivity contribution in [3.8, 4) is 11.5 Å². The maximum atomic E-state index is 4.76. The van der Waals surface area contributed by atoms with Gasteiger partial charge in [-0.1, -0.05) is 36.4 Å². The molecule has 4 rings (SSSR count). The van der Waals surface area contributed by atoms with Crippen LogP contribution in [0.3, 0.4) is 0 Å². The average Bonchev–Trinajstić information content (AvgIpc) is 2.63. The van der Waals surface area contributed by atoms with Crippen LogP contribution in [0.2, 0.25) is 0 Å². The molecule has 0 aliphatic carbocycles. The molecule has 1 aliphatic heterocycles. The summed E-state index contributed by atoms with van der Waals surface area (Å²) in [4.78, 5) is 16.0. The lowest BCUT2D eigenvalue weighted by atomic mass is 10.1. The first-order valence-electron chi connectivity index (χ1n) is 7.91. The molecule has 0 amide bonds. The van der Waals surface area contributed by atoms with Crippen LogP contribution in [0.5, 0.6) is 0 Å². The number of hydrogen-bond acceptors (Lipinski definition) is 4. The number of aromatic nitrogens is 3. The van der Waals surface area contributed by atoms with Gasteiger partial charge >= 0.3 is 0 Å². The lowest BCUT2D eigenvalue weighted by Gasteiger charge is -2.28. The maximum absolute atomic E-state index is 4.76. The van der Waals surface area contributed by atoms with Crippen LogP contribution in [0.15, 0.2) is 60.9 Å². The molecule has 2 aromatic heterocycles. The highest BCUT2D eigenvalue weighted by Gasteiger charge is 2.19. The van der Waals surface area contributed by atoms with E-state index in [-0.39, 0.29) is 0 Å². The van der Waals surface area contributed by atoms with Crippen molar-refractivity contribution in [3.05, 3.63) is 77.7 Å². The van der Waals surface area contributed by atoms with Crippen LogP contribution in [0.4, 0.5) is 0 Å². The minimum absolute atomic E-state index is 0.714. The second-order valence-corrected chi connectivity index (χ2v) is 5.83. The van der Waals surface area contributed by atoms with E-state index in [2.05, 4.69) is 45.2 Å². The minimum Gasteiger partial charge on any atom is -0.293 e. The second-order valence-electron chi connectivity index (χ2n) is 5.83. The van der Waals surface area contributed by atoms with E-state index in [1.54, 1.807) is 6.20 Å². The summed E-state index contributed by atoms with van der Waals surface area (Å²) in [5.41, 5.74) is 4.56. The van der Waals surface area contributed by atoms with Crippen LogP contribution in [-0.4, -0.2) is 26.4 Å². The Balaban J connectivity index is 1.56. The molecule has 0 radical (unpaired) electrons. The predicted octanol–water partition coefficient (Wildman–Crippen LogP) is 3.10. The summed E-state index contributed by atoms with van der Waals surface area (Å²) in [6.07, 6.45) is 4.75. The summed E-state index contributed by atoms with van der Waals surface area (Å²) in [7, 11) is 0. The number of nitrogens with zero attached hydrogens (tertiary/aromatic N) is 4. The first-order valence-corrected chi connectivity index (χ1v) is 7.91. The number of hydrogen-bond donors (Lipinski definition) is 0. The third-order valence-electron chi connectivity index (χ3n) is 4.17. The van der Waals surface area contributed by atoms with Gasteiger partial charge in [-0.25, -0.2) is 9.97 Å². The first kappa shape index (κ1) is 14.0. The van der Waals surface area contributed by atoms with Crippen molar-refractivity contribution < 1.29 is 0 Å². The van der Waals surface area contributed by atoms with E-state index in [4.69, 9.17) is 4.98 Å². The maximum Gasteiger partial charge on any atom is 0.178 e. The van der Waals surface area contributed by atoms with Crippen molar-refractivity contribution in [3.63, 3.8) is 0 Å². The van der Waals surface area contributed by atoms with E-state index in [9.17, 15) is 0 Å². The highest BCUT2D eigenvalue weighted by atomic mass is 15.1. The molecule has 23 heavy (non-hydrogen) atoms. The molecule has 0 N–H and O–H groups in total. The minimum atomic E-state index is 0.714. The van der Waals surface area contributed by atoms with E-state index in [1.165, 1.54) is 11.1 Å². The molecule has 0 saturated carbocycles. The summed E-state index contributed by atoms with van der Waals surface area (Å²) in [5.74, 6) is 0.714. The Hall–Kier alpha value is -2.59. The zero-order chi connectivity index (χ0) is 15.5. The zero-order valence-corrected chi connectivity index (χ0v) is 12.9. The Bertz CT molecular complexity index is 787. The van der Waals surface area contributed by atoms with E-state index in [0.717, 1.165) is 37.4 Å². The van der Waals surface area contributed by atoms with Crippen LogP contribution < -0.4 is 0 Å². The number of rotatable bonds is 3. The summed E-state index contributed by atoms with van der Waals surface area (Å²) in [6.45, 7) is 2.88. The summed E-state index contributed by atoms with van der Waals surface area (Å²) >= 11 is 0. The Morgan fingerprint density at radius 2 is 1.83 bits per heavy atom. The number of pyridine rings is 1. The molecule has 0 atom stereocenters. The van der Waals surface area contributed by atoms with Gasteiger partial charge in [-0.05, 0) is 29.7 Å². The third kappa shape index (κ3) is 3.12. The molecule has 0 spiro atoms. The Morgan fingerprint density at radius 1 is 0.957 bits per heavy atom. The molecule has 4 nitrogen and oxygen atoms in total. The molecular formula is C19H18N4. The largest absolute Gasteiger partial charge is 0.293 e. The smallest absolute Gasteiger partial charge is 0.178 e. The molecule has 114 valence electrons. The van der Waals surface area contributed by atoms with Crippen molar-refractivity contribution in [2.45, 2.75) is 19.5 Å². The van der Waals surface area contributed by atoms with Gasteiger partial charge < -0.3 is 0 Å². The second kappa shape index (κ2) is 6.26. The SMILES string of the molecule is c1ccc(CN2CCc3cnc(-c4ccccn4)nc3C2)cc1. The van der Waals surface area contributed by atoms with Gasteiger partial charge in [0.2, 0.25) is 0 Å². The molecule has 0 fully saturated rings. The molecule has 4 heteroatoms. The van der Waals surface area contributed by atoms with Crippen LogP contribution in [0, 0.1) is 0 Å². The van der Waals surface area contributed by atoms with Gasteiger partial charge in [0.15, 0.2) is 5.82 Å². The van der Waals surface area contributed by atoms with Crippen molar-refractivity contribution in [2.75, 3.05) is 6.54 Å². The number of benzene rings is 1. The molecule has 1 aliphatic rings. The number of fused-ring (bicyclic) bond motifs is 1. The fraction of sp³-hybridized carbons (Fsp3) is 0.211. The summed E-state index contributed by atoms with van der Waals surface area (Å²) in [5, 5.41) is 0. The van der Waals surface area contributed by atoms with Gasteiger partial charge in [0, 0.05) is 32.0 Å². The molecule has 3 heterocycles. The van der Waals surface area contributed by atoms with Crippen LogP contribution >= 0.6 is 0 Å². The average molecular weight is 302 g/mol. The Labute approximate surface area is 135 Å². The van der Waals surface area contributed by atoms with Crippen LogP contribution in [0.25, 0.3) is 11.5 Å². The van der Waals surface area contributed by atoms with Gasteiger partial charge in [0.05, 0.1) is 5.69 Å². The lowest BCUT2D eigenvalue weighted by molar-refractivity contribution is 0.241. The van der Waals surface area contributed by atoms with E-state index in [0.29, 0.717) is 5.82 Å². The first-order chi connectivity index (χ1) is 11.4. The fourth-order valence-corrected chi connectivity index (χ4v) is 2.95. The summed E-state index contributed by atoms with van der Waals surface area (Å²) in [6, 6.07) is 16.4. The topological polar surface area (TPSA) is 41.9 Å². The highest BCUT2D eigenvalue weighted by molar-refractivity contribution is 5.49. The third-order valence-corrected chi connectivity index (χ3v) is 4.17. The normalized spacial score (nSPS) is 14.4. The quantitative estimate of drug-likeness (QED) is 0.745. The van der Waals surface area contributed by atoms with Crippen LogP contribution in [-0.2, 0) is 19.5 Å². The van der Waals surface area contributed by atoms with Gasteiger partial charge in [0.25, 0.3) is 0 Å². The van der Waals surface area contributed by atoms with Gasteiger partial charge in [0.1, 0.15) is 5.69 Å². The molecule has 3 aromatic rings. The lowest BCUT2D eigenvalue weighted by Crippen LogP contribution is -2.31. The van der Waals surface area contributed by atoms with Gasteiger partial charge in [-0.2, -0.15) is 0 Å². The van der Waals surface area contributed by atoms with E-state index in [1.807, 2.05) is 24.4 Å². The van der Waals surface area contributed by atoms with Crippen molar-refractivity contribution in [2.24, 2.45) is 0 Å². The van der Waals surface area contributed by atoms with Crippen molar-refractivity contribution in [1.29, 1.82) is 0 Å². The zero-order valence-electron chi connectivity index (χ0n) is 12.9. The predicted molar refractivity (Wildman–Crippen MR) is 89.5 cm³/mol. The van der Waals surface area contributed by atoms with Crippen molar-refractivity contribution in [1.82, 2.24) is 19.9 Å². The Kier molecular flexibility index (Phi) is 3.82. The van der Waals surface area contributed by atoms with E-state index < -0.39 is 0 Å². The molecule has 0 unspecified atom stereocenters. The molecular weight excluding hydrogens is 284 g/mol. The highest BCUT2D eigenvalue weighted by Crippen LogP contribution is 2.21. The van der Waals surface area contributed by atoms with Crippen LogP contribution in [0.1, 0.15) is 16.8 Å². The Morgan fingerprint density at radius 3 is 2.65 bits per heavy atom. The molecule has 1 aromatic carbocycles. The summed E-state index contributed by atoms with van der Waals surface area (Å²) < 4.78 is 0. The standard InChI is InChI=1S/C19H18N4/c1-2-6-15(7-3-1)13-23-11-9-16-12-21-19(22-18(16)14-23)17-8-4-5-10-20-17/h1-8,10,12H,9,11,13-14H2. The molecule has 0 saturated heterocycles. The molecule has 0 bridgehead atoms.